The molecule has 0 spiro atoms. The Kier molecular flexibility index (Phi) is 9.46. The van der Waals surface area contributed by atoms with Crippen LogP contribution in [0.2, 0.25) is 0 Å². The highest BCUT2D eigenvalue weighted by Gasteiger charge is 2.37. The van der Waals surface area contributed by atoms with Gasteiger partial charge in [-0.1, -0.05) is 42.5 Å². The summed E-state index contributed by atoms with van der Waals surface area (Å²) in [6.45, 7) is 3.33. The Labute approximate surface area is 208 Å². The predicted octanol–water partition coefficient (Wildman–Crippen LogP) is 7.22. The lowest BCUT2D eigenvalue weighted by Gasteiger charge is -2.23. The number of carboxylic acid groups (broad SMARTS) is 2. The first-order chi connectivity index (χ1) is 17.1. The zero-order valence-corrected chi connectivity index (χ0v) is 19.6. The zero-order chi connectivity index (χ0) is 28.0. The Bertz CT molecular complexity index is 1160. The Morgan fingerprint density at radius 3 is 1.41 bits per heavy atom. The van der Waals surface area contributed by atoms with Gasteiger partial charge in [0.1, 0.15) is 0 Å². The van der Waals surface area contributed by atoms with E-state index < -0.39 is 41.5 Å². The summed E-state index contributed by atoms with van der Waals surface area (Å²) in [5, 5.41) is 20.1. The van der Waals surface area contributed by atoms with E-state index in [9.17, 15) is 35.9 Å². The highest BCUT2D eigenvalue weighted by molar-refractivity contribution is 6.01. The smallest absolute Gasteiger partial charge is 0.416 e. The number of alkyl halides is 6. The van der Waals surface area contributed by atoms with Crippen LogP contribution in [0.5, 0.6) is 0 Å². The van der Waals surface area contributed by atoms with Crippen LogP contribution in [0.4, 0.5) is 26.3 Å². The molecule has 3 rings (SSSR count). The van der Waals surface area contributed by atoms with E-state index >= 15 is 0 Å². The highest BCUT2D eigenvalue weighted by Crippen LogP contribution is 2.37. The van der Waals surface area contributed by atoms with Crippen LogP contribution in [0.3, 0.4) is 0 Å². The van der Waals surface area contributed by atoms with Crippen molar-refractivity contribution in [2.24, 2.45) is 0 Å². The van der Waals surface area contributed by atoms with Gasteiger partial charge < -0.3 is 15.5 Å². The number of nitrogens with one attached hydrogen (secondary N) is 1. The van der Waals surface area contributed by atoms with Gasteiger partial charge in [0.25, 0.3) is 0 Å². The van der Waals surface area contributed by atoms with Gasteiger partial charge in [-0.15, -0.1) is 0 Å². The largest absolute Gasteiger partial charge is 0.478 e. The standard InChI is InChI=1S/C18H17F6N.C8H6O4/c1-11(13-6-4-3-5-7-13)25-12(2)14-8-15(17(19,20)21)10-16(9-14)18(22,23)24;9-7(10)5-3-1-2-4-6(5)8(11)12/h3-12,25H,1-2H3;1-4H,(H,9,10)(H,11,12)/t11-,12-;/m1./s1. The molecular weight excluding hydrogens is 504 g/mol. The topological polar surface area (TPSA) is 86.6 Å². The van der Waals surface area contributed by atoms with E-state index in [1.54, 1.807) is 6.92 Å². The SMILES string of the molecule is C[C@@H](N[C@H](C)c1cc(C(F)(F)F)cc(C(F)(F)F)c1)c1ccccc1.O=C(O)c1ccccc1C(=O)O. The van der Waals surface area contributed by atoms with Crippen LogP contribution >= 0.6 is 0 Å². The van der Waals surface area contributed by atoms with E-state index in [1.807, 2.05) is 30.3 Å². The van der Waals surface area contributed by atoms with Crippen LogP contribution in [-0.2, 0) is 12.4 Å². The molecular formula is C26H23F6NO4. The summed E-state index contributed by atoms with van der Waals surface area (Å²) >= 11 is 0. The van der Waals surface area contributed by atoms with Gasteiger partial charge in [-0.25, -0.2) is 9.59 Å². The van der Waals surface area contributed by atoms with Gasteiger partial charge in [0.15, 0.2) is 0 Å². The van der Waals surface area contributed by atoms with Crippen molar-refractivity contribution in [2.45, 2.75) is 38.3 Å². The number of rotatable bonds is 6. The summed E-state index contributed by atoms with van der Waals surface area (Å²) in [6.07, 6.45) is -9.69. The lowest BCUT2D eigenvalue weighted by molar-refractivity contribution is -0.143. The molecule has 0 fully saturated rings. The molecule has 0 aliphatic carbocycles. The molecule has 0 unspecified atom stereocenters. The fourth-order valence-corrected chi connectivity index (χ4v) is 3.39. The number of carboxylic acids is 2. The average molecular weight is 527 g/mol. The van der Waals surface area contributed by atoms with E-state index in [0.29, 0.717) is 0 Å². The van der Waals surface area contributed by atoms with E-state index in [4.69, 9.17) is 10.2 Å². The van der Waals surface area contributed by atoms with Gasteiger partial charge in [0.2, 0.25) is 0 Å². The lowest BCUT2D eigenvalue weighted by Crippen LogP contribution is -2.23. The summed E-state index contributed by atoms with van der Waals surface area (Å²) in [6, 6.07) is 15.3. The van der Waals surface area contributed by atoms with Gasteiger partial charge in [-0.3, -0.25) is 0 Å². The summed E-state index contributed by atoms with van der Waals surface area (Å²) < 4.78 is 77.6. The number of carbonyl (C=O) groups is 2. The average Bonchev–Trinajstić information content (AvgIpc) is 2.83. The lowest BCUT2D eigenvalue weighted by atomic mass is 9.99. The van der Waals surface area contributed by atoms with Gasteiger partial charge in [0.05, 0.1) is 22.3 Å². The first kappa shape index (κ1) is 29.4. The minimum absolute atomic E-state index is 0.0649. The molecule has 0 heterocycles. The molecule has 11 heteroatoms. The van der Waals surface area contributed by atoms with Crippen molar-refractivity contribution in [3.63, 3.8) is 0 Å². The van der Waals surface area contributed by atoms with Gasteiger partial charge >= 0.3 is 24.3 Å². The highest BCUT2D eigenvalue weighted by atomic mass is 19.4. The molecule has 198 valence electrons. The van der Waals surface area contributed by atoms with Crippen molar-refractivity contribution < 1.29 is 46.1 Å². The Hall–Kier alpha value is -3.86. The monoisotopic (exact) mass is 527 g/mol. The van der Waals surface area contributed by atoms with E-state index in [2.05, 4.69) is 5.32 Å². The summed E-state index contributed by atoms with van der Waals surface area (Å²) in [5.41, 5.74) is -2.17. The fourth-order valence-electron chi connectivity index (χ4n) is 3.39. The molecule has 0 aliphatic heterocycles. The summed E-state index contributed by atoms with van der Waals surface area (Å²) in [5.74, 6) is -2.46. The van der Waals surface area contributed by atoms with Crippen molar-refractivity contribution in [2.75, 3.05) is 0 Å². The fraction of sp³-hybridized carbons (Fsp3) is 0.231. The van der Waals surface area contributed by atoms with Crippen LogP contribution in [0.25, 0.3) is 0 Å². The first-order valence-corrected chi connectivity index (χ1v) is 10.8. The van der Waals surface area contributed by atoms with Crippen molar-refractivity contribution in [1.82, 2.24) is 5.32 Å². The van der Waals surface area contributed by atoms with Crippen LogP contribution < -0.4 is 5.32 Å². The molecule has 3 N–H and O–H groups in total. The maximum absolute atomic E-state index is 12.9. The molecule has 0 bridgehead atoms. The van der Waals surface area contributed by atoms with Crippen LogP contribution in [-0.4, -0.2) is 22.2 Å². The van der Waals surface area contributed by atoms with E-state index in [-0.39, 0.29) is 28.8 Å². The van der Waals surface area contributed by atoms with E-state index in [1.165, 1.54) is 31.2 Å². The minimum atomic E-state index is -4.85. The molecule has 0 amide bonds. The summed E-state index contributed by atoms with van der Waals surface area (Å²) in [4.78, 5) is 20.9. The second kappa shape index (κ2) is 11.9. The molecule has 3 aromatic rings. The zero-order valence-electron chi connectivity index (χ0n) is 19.6. The third-order valence-corrected chi connectivity index (χ3v) is 5.30. The maximum atomic E-state index is 12.9. The van der Waals surface area contributed by atoms with Crippen molar-refractivity contribution in [1.29, 1.82) is 0 Å². The second-order valence-corrected chi connectivity index (χ2v) is 8.02. The number of hydrogen-bond acceptors (Lipinski definition) is 3. The third-order valence-electron chi connectivity index (χ3n) is 5.30. The molecule has 37 heavy (non-hydrogen) atoms. The number of halogens is 6. The molecule has 5 nitrogen and oxygen atoms in total. The number of hydrogen-bond donors (Lipinski definition) is 3. The molecule has 0 aliphatic rings. The first-order valence-electron chi connectivity index (χ1n) is 10.8. The third kappa shape index (κ3) is 8.35. The Morgan fingerprint density at radius 2 is 1.03 bits per heavy atom. The van der Waals surface area contributed by atoms with E-state index in [0.717, 1.165) is 17.7 Å². The molecule has 0 saturated carbocycles. The molecule has 2 atom stereocenters. The number of benzene rings is 3. The van der Waals surface area contributed by atoms with Crippen LogP contribution in [0.1, 0.15) is 68.9 Å². The summed E-state index contributed by atoms with van der Waals surface area (Å²) in [7, 11) is 0. The van der Waals surface area contributed by atoms with Crippen LogP contribution in [0.15, 0.2) is 72.8 Å². The molecule has 3 aromatic carbocycles. The van der Waals surface area contributed by atoms with Gasteiger partial charge in [-0.2, -0.15) is 26.3 Å². The van der Waals surface area contributed by atoms with Crippen molar-refractivity contribution in [3.8, 4) is 0 Å². The minimum Gasteiger partial charge on any atom is -0.478 e. The van der Waals surface area contributed by atoms with Gasteiger partial charge in [0, 0.05) is 12.1 Å². The van der Waals surface area contributed by atoms with Crippen molar-refractivity contribution in [3.05, 3.63) is 106 Å². The molecule has 0 radical (unpaired) electrons. The van der Waals surface area contributed by atoms with Crippen LogP contribution in [0, 0.1) is 0 Å². The van der Waals surface area contributed by atoms with Gasteiger partial charge in [-0.05, 0) is 55.3 Å². The number of aromatic carboxylic acids is 2. The maximum Gasteiger partial charge on any atom is 0.416 e. The molecule has 0 aromatic heterocycles. The normalized spacial score (nSPS) is 13.2. The predicted molar refractivity (Wildman–Crippen MR) is 123 cm³/mol. The Balaban J connectivity index is 0.000000335. The molecule has 0 saturated heterocycles. The van der Waals surface area contributed by atoms with Crippen molar-refractivity contribution >= 4 is 11.9 Å². The second-order valence-electron chi connectivity index (χ2n) is 8.02. The Morgan fingerprint density at radius 1 is 0.649 bits per heavy atom. The quantitative estimate of drug-likeness (QED) is 0.295.